The first-order valence-corrected chi connectivity index (χ1v) is 6.51. The van der Waals surface area contributed by atoms with Crippen LogP contribution in [0.5, 0.6) is 0 Å². The number of aromatic nitrogens is 2. The van der Waals surface area contributed by atoms with Crippen molar-refractivity contribution in [3.63, 3.8) is 0 Å². The zero-order valence-corrected chi connectivity index (χ0v) is 10.1. The molecule has 3 nitrogen and oxygen atoms in total. The molecule has 1 aromatic rings. The predicted molar refractivity (Wildman–Crippen MR) is 64.4 cm³/mol. The van der Waals surface area contributed by atoms with Crippen molar-refractivity contribution in [2.75, 3.05) is 0 Å². The van der Waals surface area contributed by atoms with E-state index in [4.69, 9.17) is 0 Å². The fraction of sp³-hybridized carbons (Fsp3) is 0.769. The third-order valence-corrected chi connectivity index (χ3v) is 3.53. The Morgan fingerprint density at radius 2 is 2.19 bits per heavy atom. The lowest BCUT2D eigenvalue weighted by Crippen LogP contribution is -2.14. The van der Waals surface area contributed by atoms with Gasteiger partial charge in [-0.2, -0.15) is 5.10 Å². The molecule has 16 heavy (non-hydrogen) atoms. The molecule has 2 rings (SSSR count). The van der Waals surface area contributed by atoms with Crippen LogP contribution in [0, 0.1) is 0 Å². The van der Waals surface area contributed by atoms with Gasteiger partial charge in [0, 0.05) is 12.6 Å². The van der Waals surface area contributed by atoms with E-state index < -0.39 is 0 Å². The Hall–Kier alpha value is -0.830. The highest BCUT2D eigenvalue weighted by Crippen LogP contribution is 2.27. The molecular formula is C13H22N2O. The number of aliphatic hydroxyl groups is 1. The summed E-state index contributed by atoms with van der Waals surface area (Å²) in [5.41, 5.74) is 1.03. The average Bonchev–Trinajstić information content (AvgIpc) is 2.78. The summed E-state index contributed by atoms with van der Waals surface area (Å²) in [6.07, 6.45) is 9.89. The van der Waals surface area contributed by atoms with Crippen molar-refractivity contribution in [3.05, 3.63) is 18.0 Å². The number of hydrogen-bond acceptors (Lipinski definition) is 2. The fourth-order valence-corrected chi connectivity index (χ4v) is 2.42. The highest BCUT2D eigenvalue weighted by atomic mass is 16.3. The van der Waals surface area contributed by atoms with Crippen molar-refractivity contribution in [2.45, 2.75) is 64.0 Å². The Bertz CT molecular complexity index is 315. The van der Waals surface area contributed by atoms with Gasteiger partial charge in [0.2, 0.25) is 0 Å². The summed E-state index contributed by atoms with van der Waals surface area (Å²) in [6, 6.07) is 2.65. The van der Waals surface area contributed by atoms with Crippen molar-refractivity contribution >= 4 is 0 Å². The molecule has 1 aliphatic rings. The van der Waals surface area contributed by atoms with E-state index in [9.17, 15) is 5.11 Å². The maximum Gasteiger partial charge on any atom is 0.0650 e. The van der Waals surface area contributed by atoms with Crippen LogP contribution in [0.15, 0.2) is 12.3 Å². The van der Waals surface area contributed by atoms with E-state index in [2.05, 4.69) is 16.0 Å². The van der Waals surface area contributed by atoms with Crippen molar-refractivity contribution in [1.29, 1.82) is 0 Å². The molecule has 0 saturated heterocycles. The average molecular weight is 222 g/mol. The molecule has 1 aliphatic carbocycles. The molecule has 0 aliphatic heterocycles. The van der Waals surface area contributed by atoms with E-state index in [1.165, 1.54) is 32.1 Å². The first-order chi connectivity index (χ1) is 7.79. The van der Waals surface area contributed by atoms with Crippen molar-refractivity contribution in [3.8, 4) is 0 Å². The van der Waals surface area contributed by atoms with Gasteiger partial charge in [-0.15, -0.1) is 0 Å². The molecule has 90 valence electrons. The van der Waals surface area contributed by atoms with Crippen LogP contribution in [0.4, 0.5) is 0 Å². The summed E-state index contributed by atoms with van der Waals surface area (Å²) >= 11 is 0. The van der Waals surface area contributed by atoms with Gasteiger partial charge in [0.05, 0.1) is 17.8 Å². The third kappa shape index (κ3) is 2.85. The van der Waals surface area contributed by atoms with Crippen LogP contribution in [-0.4, -0.2) is 21.0 Å². The van der Waals surface area contributed by atoms with Crippen LogP contribution >= 0.6 is 0 Å². The van der Waals surface area contributed by atoms with Gasteiger partial charge in [-0.3, -0.25) is 4.68 Å². The lowest BCUT2D eigenvalue weighted by Gasteiger charge is -2.21. The standard InChI is InChI=1S/C13H22N2O/c1-2-13(16)10-11-8-9-15(14-11)12-6-4-3-5-7-12/h8-9,12-13,16H,2-7,10H2,1H3. The lowest BCUT2D eigenvalue weighted by atomic mass is 9.96. The lowest BCUT2D eigenvalue weighted by molar-refractivity contribution is 0.169. The van der Waals surface area contributed by atoms with Crippen LogP contribution in [0.1, 0.15) is 57.2 Å². The summed E-state index contributed by atoms with van der Waals surface area (Å²) < 4.78 is 2.11. The normalized spacial score (nSPS) is 19.9. The summed E-state index contributed by atoms with van der Waals surface area (Å²) in [4.78, 5) is 0. The second kappa shape index (κ2) is 5.48. The molecule has 3 heteroatoms. The van der Waals surface area contributed by atoms with E-state index in [1.807, 2.05) is 13.0 Å². The Morgan fingerprint density at radius 1 is 1.44 bits per heavy atom. The van der Waals surface area contributed by atoms with Gasteiger partial charge in [0.25, 0.3) is 0 Å². The fourth-order valence-electron chi connectivity index (χ4n) is 2.42. The van der Waals surface area contributed by atoms with Gasteiger partial charge in [-0.25, -0.2) is 0 Å². The summed E-state index contributed by atoms with van der Waals surface area (Å²) in [5.74, 6) is 0. The van der Waals surface area contributed by atoms with Crippen molar-refractivity contribution in [2.24, 2.45) is 0 Å². The Balaban J connectivity index is 1.95. The zero-order chi connectivity index (χ0) is 11.4. The monoisotopic (exact) mass is 222 g/mol. The van der Waals surface area contributed by atoms with Crippen LogP contribution in [-0.2, 0) is 6.42 Å². The SMILES string of the molecule is CCC(O)Cc1ccn(C2CCCCC2)n1. The Kier molecular flexibility index (Phi) is 3.99. The van der Waals surface area contributed by atoms with Gasteiger partial charge in [0.1, 0.15) is 0 Å². The molecule has 1 fully saturated rings. The highest BCUT2D eigenvalue weighted by Gasteiger charge is 2.16. The third-order valence-electron chi connectivity index (χ3n) is 3.53. The smallest absolute Gasteiger partial charge is 0.0650 e. The minimum Gasteiger partial charge on any atom is -0.393 e. The van der Waals surface area contributed by atoms with E-state index >= 15 is 0 Å². The first-order valence-electron chi connectivity index (χ1n) is 6.51. The zero-order valence-electron chi connectivity index (χ0n) is 10.1. The molecule has 1 aromatic heterocycles. The van der Waals surface area contributed by atoms with Crippen LogP contribution < -0.4 is 0 Å². The minimum absolute atomic E-state index is 0.241. The largest absolute Gasteiger partial charge is 0.393 e. The van der Waals surface area contributed by atoms with Crippen molar-refractivity contribution < 1.29 is 5.11 Å². The second-order valence-electron chi connectivity index (χ2n) is 4.85. The Morgan fingerprint density at radius 3 is 2.88 bits per heavy atom. The van der Waals surface area contributed by atoms with Crippen LogP contribution in [0.3, 0.4) is 0 Å². The Labute approximate surface area is 97.5 Å². The van der Waals surface area contributed by atoms with E-state index in [0.717, 1.165) is 12.1 Å². The molecular weight excluding hydrogens is 200 g/mol. The molecule has 0 aromatic carbocycles. The molecule has 1 heterocycles. The predicted octanol–water partition coefficient (Wildman–Crippen LogP) is 2.70. The quantitative estimate of drug-likeness (QED) is 0.850. The van der Waals surface area contributed by atoms with Crippen molar-refractivity contribution in [1.82, 2.24) is 9.78 Å². The van der Waals surface area contributed by atoms with E-state index in [-0.39, 0.29) is 6.10 Å². The van der Waals surface area contributed by atoms with Gasteiger partial charge < -0.3 is 5.11 Å². The maximum absolute atomic E-state index is 9.58. The molecule has 1 atom stereocenters. The number of nitrogens with zero attached hydrogens (tertiary/aromatic N) is 2. The topological polar surface area (TPSA) is 38.0 Å². The molecule has 0 amide bonds. The maximum atomic E-state index is 9.58. The molecule has 0 spiro atoms. The summed E-state index contributed by atoms with van der Waals surface area (Å²) in [7, 11) is 0. The van der Waals surface area contributed by atoms with Gasteiger partial charge in [-0.1, -0.05) is 26.2 Å². The summed E-state index contributed by atoms with van der Waals surface area (Å²) in [5, 5.41) is 14.2. The van der Waals surface area contributed by atoms with E-state index in [0.29, 0.717) is 12.5 Å². The van der Waals surface area contributed by atoms with Gasteiger partial charge in [-0.05, 0) is 25.3 Å². The molecule has 1 unspecified atom stereocenters. The van der Waals surface area contributed by atoms with Gasteiger partial charge in [0.15, 0.2) is 0 Å². The molecule has 0 radical (unpaired) electrons. The number of rotatable bonds is 4. The minimum atomic E-state index is -0.241. The first kappa shape index (κ1) is 11.6. The molecule has 1 N–H and O–H groups in total. The van der Waals surface area contributed by atoms with Crippen LogP contribution in [0.2, 0.25) is 0 Å². The number of aliphatic hydroxyl groups excluding tert-OH is 1. The van der Waals surface area contributed by atoms with E-state index in [1.54, 1.807) is 0 Å². The number of hydrogen-bond donors (Lipinski definition) is 1. The van der Waals surface area contributed by atoms with Gasteiger partial charge >= 0.3 is 0 Å². The van der Waals surface area contributed by atoms with Crippen LogP contribution in [0.25, 0.3) is 0 Å². The highest BCUT2D eigenvalue weighted by molar-refractivity contribution is 5.01. The second-order valence-corrected chi connectivity index (χ2v) is 4.85. The molecule has 1 saturated carbocycles. The molecule has 0 bridgehead atoms. The summed E-state index contributed by atoms with van der Waals surface area (Å²) in [6.45, 7) is 2.00.